The number of rotatable bonds is 9. The summed E-state index contributed by atoms with van der Waals surface area (Å²) in [6, 6.07) is 13.5. The van der Waals surface area contributed by atoms with E-state index in [1.807, 2.05) is 42.5 Å². The molecule has 0 fully saturated rings. The Morgan fingerprint density at radius 2 is 1.90 bits per heavy atom. The molecule has 29 heavy (non-hydrogen) atoms. The summed E-state index contributed by atoms with van der Waals surface area (Å²) in [6.45, 7) is 2.11. The van der Waals surface area contributed by atoms with Crippen molar-refractivity contribution in [3.63, 3.8) is 0 Å². The van der Waals surface area contributed by atoms with Gasteiger partial charge in [-0.2, -0.15) is 9.78 Å². The average molecular weight is 431 g/mol. The van der Waals surface area contributed by atoms with Crippen molar-refractivity contribution in [3.8, 4) is 11.5 Å². The van der Waals surface area contributed by atoms with E-state index < -0.39 is 0 Å². The average Bonchev–Trinajstić information content (AvgIpc) is 3.13. The topological polar surface area (TPSA) is 61.5 Å². The first-order valence-corrected chi connectivity index (χ1v) is 10.6. The van der Waals surface area contributed by atoms with Gasteiger partial charge in [-0.25, -0.2) is 0 Å². The summed E-state index contributed by atoms with van der Waals surface area (Å²) in [6.07, 6.45) is 3.50. The second-order valence-electron chi connectivity index (χ2n) is 6.20. The van der Waals surface area contributed by atoms with Crippen LogP contribution in [0.15, 0.2) is 52.7 Å². The van der Waals surface area contributed by atoms with Crippen molar-refractivity contribution in [1.29, 1.82) is 0 Å². The van der Waals surface area contributed by atoms with Gasteiger partial charge in [0.1, 0.15) is 0 Å². The van der Waals surface area contributed by atoms with Crippen molar-refractivity contribution in [2.75, 3.05) is 14.2 Å². The van der Waals surface area contributed by atoms with Crippen LogP contribution in [-0.2, 0) is 12.2 Å². The van der Waals surface area contributed by atoms with Crippen molar-refractivity contribution in [1.82, 2.24) is 14.9 Å². The molecule has 0 amide bonds. The van der Waals surface area contributed by atoms with Crippen LogP contribution in [0.25, 0.3) is 0 Å². The first-order chi connectivity index (χ1) is 14.2. The third-order valence-corrected chi connectivity index (χ3v) is 5.42. The number of nitrogens with zero attached hydrogens (tertiary/aromatic N) is 4. The SMILES string of the molecule is CCCc1nnc(SCc2ccc(Cl)cc2)n1/N=C/c1cccc(OC)c1OC. The van der Waals surface area contributed by atoms with Crippen LogP contribution in [0.5, 0.6) is 11.5 Å². The van der Waals surface area contributed by atoms with Crippen molar-refractivity contribution < 1.29 is 9.47 Å². The number of methoxy groups -OCH3 is 2. The van der Waals surface area contributed by atoms with E-state index in [0.717, 1.165) is 45.7 Å². The molecule has 1 heterocycles. The van der Waals surface area contributed by atoms with Gasteiger partial charge in [0, 0.05) is 22.8 Å². The molecule has 0 saturated heterocycles. The summed E-state index contributed by atoms with van der Waals surface area (Å²) in [7, 11) is 3.23. The minimum absolute atomic E-state index is 0.638. The van der Waals surface area contributed by atoms with Gasteiger partial charge >= 0.3 is 0 Å². The fourth-order valence-electron chi connectivity index (χ4n) is 2.74. The molecule has 8 heteroatoms. The third-order valence-electron chi connectivity index (χ3n) is 4.18. The molecule has 1 aromatic heterocycles. The highest BCUT2D eigenvalue weighted by molar-refractivity contribution is 7.98. The zero-order valence-electron chi connectivity index (χ0n) is 16.6. The van der Waals surface area contributed by atoms with Gasteiger partial charge in [-0.05, 0) is 36.2 Å². The molecule has 2 aromatic carbocycles. The van der Waals surface area contributed by atoms with Gasteiger partial charge in [-0.3, -0.25) is 0 Å². The molecule has 0 radical (unpaired) electrons. The Kier molecular flexibility index (Phi) is 7.55. The summed E-state index contributed by atoms with van der Waals surface area (Å²) in [5, 5.41) is 14.8. The van der Waals surface area contributed by atoms with Crippen LogP contribution < -0.4 is 9.47 Å². The number of thioether (sulfide) groups is 1. The summed E-state index contributed by atoms with van der Waals surface area (Å²) in [4.78, 5) is 0. The standard InChI is InChI=1S/C21H23ClN4O2S/c1-4-6-19-24-25-21(29-14-15-9-11-17(22)12-10-15)26(19)23-13-16-7-5-8-18(27-2)20(16)28-3/h5,7-13H,4,6,14H2,1-3H3/b23-13+. The van der Waals surface area contributed by atoms with Crippen molar-refractivity contribution in [2.24, 2.45) is 5.10 Å². The number of hydrogen-bond acceptors (Lipinski definition) is 6. The number of aryl methyl sites for hydroxylation is 1. The Labute approximate surface area is 179 Å². The van der Waals surface area contributed by atoms with Crippen LogP contribution in [0.4, 0.5) is 0 Å². The molecule has 0 unspecified atom stereocenters. The summed E-state index contributed by atoms with van der Waals surface area (Å²) in [5.74, 6) is 2.87. The third kappa shape index (κ3) is 5.31. The molecular formula is C21H23ClN4O2S. The monoisotopic (exact) mass is 430 g/mol. The van der Waals surface area contributed by atoms with Crippen LogP contribution in [0.3, 0.4) is 0 Å². The second-order valence-corrected chi connectivity index (χ2v) is 7.58. The number of ether oxygens (including phenoxy) is 2. The summed E-state index contributed by atoms with van der Waals surface area (Å²) >= 11 is 7.55. The molecule has 0 aliphatic rings. The zero-order valence-corrected chi connectivity index (χ0v) is 18.2. The molecule has 0 aliphatic heterocycles. The van der Waals surface area contributed by atoms with E-state index >= 15 is 0 Å². The lowest BCUT2D eigenvalue weighted by Gasteiger charge is -2.10. The lowest BCUT2D eigenvalue weighted by molar-refractivity contribution is 0.354. The Balaban J connectivity index is 1.86. The Morgan fingerprint density at radius 1 is 1.10 bits per heavy atom. The van der Waals surface area contributed by atoms with Crippen molar-refractivity contribution in [3.05, 3.63) is 64.4 Å². The predicted molar refractivity (Wildman–Crippen MR) is 118 cm³/mol. The number of benzene rings is 2. The quantitative estimate of drug-likeness (QED) is 0.350. The highest BCUT2D eigenvalue weighted by atomic mass is 35.5. The van der Waals surface area contributed by atoms with Crippen LogP contribution in [-0.4, -0.2) is 35.3 Å². The maximum atomic E-state index is 5.97. The maximum Gasteiger partial charge on any atom is 0.212 e. The van der Waals surface area contributed by atoms with Crippen LogP contribution in [0, 0.1) is 0 Å². The first kappa shape index (κ1) is 21.2. The largest absolute Gasteiger partial charge is 0.493 e. The number of halogens is 1. The van der Waals surface area contributed by atoms with Crippen molar-refractivity contribution in [2.45, 2.75) is 30.7 Å². The first-order valence-electron chi connectivity index (χ1n) is 9.23. The fraction of sp³-hybridized carbons (Fsp3) is 0.286. The van der Waals surface area contributed by atoms with Gasteiger partial charge in [-0.1, -0.05) is 48.5 Å². The van der Waals surface area contributed by atoms with E-state index in [0.29, 0.717) is 11.5 Å². The minimum Gasteiger partial charge on any atom is -0.493 e. The van der Waals surface area contributed by atoms with Gasteiger partial charge in [0.25, 0.3) is 0 Å². The van der Waals surface area contributed by atoms with E-state index in [2.05, 4.69) is 22.2 Å². The molecule has 0 atom stereocenters. The number of para-hydroxylation sites is 1. The van der Waals surface area contributed by atoms with Gasteiger partial charge < -0.3 is 9.47 Å². The second kappa shape index (κ2) is 10.3. The summed E-state index contributed by atoms with van der Waals surface area (Å²) < 4.78 is 12.6. The molecule has 0 saturated carbocycles. The Hall–Kier alpha value is -2.51. The lowest BCUT2D eigenvalue weighted by atomic mass is 10.2. The van der Waals surface area contributed by atoms with E-state index in [1.165, 1.54) is 0 Å². The Bertz CT molecular complexity index is 973. The summed E-state index contributed by atoms with van der Waals surface area (Å²) in [5.41, 5.74) is 1.97. The normalized spacial score (nSPS) is 11.2. The van der Waals surface area contributed by atoms with Gasteiger partial charge in [-0.15, -0.1) is 10.2 Å². The van der Waals surface area contributed by atoms with E-state index in [-0.39, 0.29) is 0 Å². The molecule has 0 bridgehead atoms. The predicted octanol–water partition coefficient (Wildman–Crippen LogP) is 5.08. The van der Waals surface area contributed by atoms with E-state index in [1.54, 1.807) is 36.9 Å². The van der Waals surface area contributed by atoms with Gasteiger partial charge in [0.05, 0.1) is 20.4 Å². The molecule has 3 aromatic rings. The molecule has 3 rings (SSSR count). The molecule has 152 valence electrons. The fourth-order valence-corrected chi connectivity index (χ4v) is 3.73. The minimum atomic E-state index is 0.638. The molecule has 0 spiro atoms. The van der Waals surface area contributed by atoms with E-state index in [9.17, 15) is 0 Å². The van der Waals surface area contributed by atoms with Crippen molar-refractivity contribution >= 4 is 29.6 Å². The molecule has 6 nitrogen and oxygen atoms in total. The number of aromatic nitrogens is 3. The smallest absolute Gasteiger partial charge is 0.212 e. The van der Waals surface area contributed by atoms with Crippen LogP contribution in [0.1, 0.15) is 30.3 Å². The van der Waals surface area contributed by atoms with Crippen LogP contribution >= 0.6 is 23.4 Å². The lowest BCUT2D eigenvalue weighted by Crippen LogP contribution is -2.01. The maximum absolute atomic E-state index is 5.97. The Morgan fingerprint density at radius 3 is 2.59 bits per heavy atom. The van der Waals surface area contributed by atoms with Gasteiger partial charge in [0.2, 0.25) is 5.16 Å². The van der Waals surface area contributed by atoms with Crippen LogP contribution in [0.2, 0.25) is 5.02 Å². The van der Waals surface area contributed by atoms with E-state index in [4.69, 9.17) is 21.1 Å². The zero-order chi connectivity index (χ0) is 20.6. The number of hydrogen-bond donors (Lipinski definition) is 0. The highest BCUT2D eigenvalue weighted by Crippen LogP contribution is 2.30. The molecule has 0 aliphatic carbocycles. The van der Waals surface area contributed by atoms with Gasteiger partial charge in [0.15, 0.2) is 17.3 Å². The highest BCUT2D eigenvalue weighted by Gasteiger charge is 2.13. The molecular weight excluding hydrogens is 408 g/mol. The molecule has 0 N–H and O–H groups in total.